The average molecular weight is 335 g/mol. The minimum atomic E-state index is -0.190. The lowest BCUT2D eigenvalue weighted by Gasteiger charge is -2.15. The maximum Gasteiger partial charge on any atom is 0.162 e. The zero-order valence-electron chi connectivity index (χ0n) is 15.0. The molecule has 134 valence electrons. The summed E-state index contributed by atoms with van der Waals surface area (Å²) >= 11 is 0. The second-order valence-corrected chi connectivity index (χ2v) is 5.43. The highest BCUT2D eigenvalue weighted by Gasteiger charge is 2.11. The summed E-state index contributed by atoms with van der Waals surface area (Å²) in [5, 5.41) is 13.0. The van der Waals surface area contributed by atoms with Gasteiger partial charge in [0.25, 0.3) is 0 Å². The Morgan fingerprint density at radius 3 is 2.33 bits per heavy atom. The molecule has 1 aromatic rings. The second-order valence-electron chi connectivity index (χ2n) is 5.43. The van der Waals surface area contributed by atoms with Crippen molar-refractivity contribution in [2.24, 2.45) is 0 Å². The number of hydrogen-bond donors (Lipinski definition) is 1. The van der Waals surface area contributed by atoms with Gasteiger partial charge in [-0.3, -0.25) is 0 Å². The minimum Gasteiger partial charge on any atom is -0.490 e. The van der Waals surface area contributed by atoms with Crippen molar-refractivity contribution in [2.45, 2.75) is 53.1 Å². The molecular formula is C19H29NO4. The van der Waals surface area contributed by atoms with E-state index in [4.69, 9.17) is 19.1 Å². The fourth-order valence-electron chi connectivity index (χ4n) is 1.90. The van der Waals surface area contributed by atoms with Crippen molar-refractivity contribution in [3.63, 3.8) is 0 Å². The van der Waals surface area contributed by atoms with Gasteiger partial charge in [0.05, 0.1) is 13.2 Å². The van der Waals surface area contributed by atoms with Crippen molar-refractivity contribution in [3.8, 4) is 0 Å². The van der Waals surface area contributed by atoms with Crippen LogP contribution in [-0.2, 0) is 16.1 Å². The van der Waals surface area contributed by atoms with Gasteiger partial charge >= 0.3 is 0 Å². The summed E-state index contributed by atoms with van der Waals surface area (Å²) in [5.41, 5.74) is 1.21. The third-order valence-electron chi connectivity index (χ3n) is 3.37. The number of aliphatic hydroxyl groups is 1. The molecule has 0 amide bonds. The molecule has 1 rings (SSSR count). The molecule has 0 aliphatic heterocycles. The molecule has 0 atom stereocenters. The van der Waals surface area contributed by atoms with Gasteiger partial charge in [0.2, 0.25) is 0 Å². The first-order valence-electron chi connectivity index (χ1n) is 8.55. The van der Waals surface area contributed by atoms with Gasteiger partial charge < -0.3 is 19.1 Å². The molecule has 1 N–H and O–H groups in total. The zero-order chi connectivity index (χ0) is 17.8. The molecule has 0 aromatic carbocycles. The zero-order valence-corrected chi connectivity index (χ0v) is 15.0. The molecule has 0 radical (unpaired) electrons. The summed E-state index contributed by atoms with van der Waals surface area (Å²) in [4.78, 5) is 0. The minimum absolute atomic E-state index is 0.190. The molecule has 1 heterocycles. The van der Waals surface area contributed by atoms with E-state index in [9.17, 15) is 0 Å². The number of hydrogen-bond acceptors (Lipinski definition) is 5. The van der Waals surface area contributed by atoms with Crippen LogP contribution in [0.1, 0.15) is 57.9 Å². The van der Waals surface area contributed by atoms with Crippen LogP contribution in [0.5, 0.6) is 0 Å². The van der Waals surface area contributed by atoms with Gasteiger partial charge in [0.15, 0.2) is 17.3 Å². The molecule has 0 saturated carbocycles. The standard InChI is InChI=1S/C19H29NO4/c1-5-8-10-22-18(7-3)19(23-11-9-6-2)12-15(4)17-13-16(14-21)24-20-17/h7,12-13,21H,4-6,8-11,14H2,1-3H3/b18-7+,19-12+. The lowest BCUT2D eigenvalue weighted by atomic mass is 10.1. The summed E-state index contributed by atoms with van der Waals surface area (Å²) in [5.74, 6) is 1.74. The Hall–Kier alpha value is -2.01. The highest BCUT2D eigenvalue weighted by Crippen LogP contribution is 2.22. The van der Waals surface area contributed by atoms with Gasteiger partial charge in [-0.25, -0.2) is 0 Å². The number of ether oxygens (including phenoxy) is 2. The number of aromatic nitrogens is 1. The van der Waals surface area contributed by atoms with Gasteiger partial charge in [-0.1, -0.05) is 38.4 Å². The van der Waals surface area contributed by atoms with Crippen LogP contribution >= 0.6 is 0 Å². The Morgan fingerprint density at radius 1 is 1.21 bits per heavy atom. The van der Waals surface area contributed by atoms with E-state index in [1.807, 2.05) is 13.0 Å². The van der Waals surface area contributed by atoms with Crippen LogP contribution in [0.2, 0.25) is 0 Å². The van der Waals surface area contributed by atoms with Crippen LogP contribution in [0.15, 0.2) is 40.8 Å². The van der Waals surface area contributed by atoms with E-state index < -0.39 is 0 Å². The first kappa shape index (κ1) is 20.0. The summed E-state index contributed by atoms with van der Waals surface area (Å²) in [6.07, 6.45) is 7.78. The van der Waals surface area contributed by atoms with Crippen LogP contribution in [0.4, 0.5) is 0 Å². The van der Waals surface area contributed by atoms with E-state index in [-0.39, 0.29) is 6.61 Å². The van der Waals surface area contributed by atoms with E-state index in [0.29, 0.717) is 41.8 Å². The Bertz CT molecular complexity index is 557. The third kappa shape index (κ3) is 6.62. The quantitative estimate of drug-likeness (QED) is 0.343. The van der Waals surface area contributed by atoms with Gasteiger partial charge in [-0.05, 0) is 31.9 Å². The average Bonchev–Trinajstić information content (AvgIpc) is 3.07. The van der Waals surface area contributed by atoms with E-state index in [0.717, 1.165) is 25.7 Å². The van der Waals surface area contributed by atoms with Gasteiger partial charge in [-0.2, -0.15) is 0 Å². The Balaban J connectivity index is 2.90. The molecule has 5 heteroatoms. The second kappa shape index (κ2) is 11.5. The van der Waals surface area contributed by atoms with Crippen molar-refractivity contribution in [1.29, 1.82) is 0 Å². The van der Waals surface area contributed by atoms with Gasteiger partial charge in [0, 0.05) is 11.6 Å². The summed E-state index contributed by atoms with van der Waals surface area (Å²) in [6, 6.07) is 1.66. The fraction of sp³-hybridized carbons (Fsp3) is 0.526. The number of nitrogens with zero attached hydrogens (tertiary/aromatic N) is 1. The fourth-order valence-corrected chi connectivity index (χ4v) is 1.90. The molecular weight excluding hydrogens is 306 g/mol. The molecule has 0 bridgehead atoms. The smallest absolute Gasteiger partial charge is 0.162 e. The summed E-state index contributed by atoms with van der Waals surface area (Å²) < 4.78 is 16.7. The van der Waals surface area contributed by atoms with Crippen LogP contribution in [0.25, 0.3) is 5.57 Å². The first-order chi connectivity index (χ1) is 11.7. The maximum atomic E-state index is 9.07. The van der Waals surface area contributed by atoms with E-state index in [2.05, 4.69) is 25.6 Å². The van der Waals surface area contributed by atoms with E-state index in [1.54, 1.807) is 12.1 Å². The number of aliphatic hydroxyl groups excluding tert-OH is 1. The van der Waals surface area contributed by atoms with Crippen molar-refractivity contribution < 1.29 is 19.1 Å². The first-order valence-corrected chi connectivity index (χ1v) is 8.55. The molecule has 1 aromatic heterocycles. The van der Waals surface area contributed by atoms with E-state index in [1.165, 1.54) is 0 Å². The predicted octanol–water partition coefficient (Wildman–Crippen LogP) is 4.60. The molecule has 0 fully saturated rings. The number of unbranched alkanes of at least 4 members (excludes halogenated alkanes) is 2. The van der Waals surface area contributed by atoms with Gasteiger partial charge in [-0.15, -0.1) is 0 Å². The lowest BCUT2D eigenvalue weighted by molar-refractivity contribution is 0.147. The van der Waals surface area contributed by atoms with Crippen LogP contribution < -0.4 is 0 Å². The summed E-state index contributed by atoms with van der Waals surface area (Å²) in [6.45, 7) is 11.2. The molecule has 0 saturated heterocycles. The van der Waals surface area contributed by atoms with Crippen molar-refractivity contribution in [3.05, 3.63) is 47.8 Å². The van der Waals surface area contributed by atoms with Crippen molar-refractivity contribution in [1.82, 2.24) is 5.16 Å². The number of rotatable bonds is 12. The van der Waals surface area contributed by atoms with Crippen LogP contribution in [0.3, 0.4) is 0 Å². The lowest BCUT2D eigenvalue weighted by Crippen LogP contribution is -2.04. The Labute approximate surface area is 144 Å². The largest absolute Gasteiger partial charge is 0.490 e. The molecule has 24 heavy (non-hydrogen) atoms. The van der Waals surface area contributed by atoms with Crippen molar-refractivity contribution >= 4 is 5.57 Å². The number of allylic oxidation sites excluding steroid dienone is 3. The maximum absolute atomic E-state index is 9.07. The molecule has 5 nitrogen and oxygen atoms in total. The Kier molecular flexibility index (Phi) is 9.61. The normalized spacial score (nSPS) is 12.3. The Morgan fingerprint density at radius 2 is 1.83 bits per heavy atom. The van der Waals surface area contributed by atoms with E-state index >= 15 is 0 Å². The monoisotopic (exact) mass is 335 g/mol. The van der Waals surface area contributed by atoms with Crippen molar-refractivity contribution in [2.75, 3.05) is 13.2 Å². The highest BCUT2D eigenvalue weighted by molar-refractivity contribution is 5.70. The SMILES string of the molecule is C=C(/C=C(OCCCC)\C(=C/C)OCCCC)c1cc(CO)on1. The molecule has 0 unspecified atom stereocenters. The third-order valence-corrected chi connectivity index (χ3v) is 3.37. The molecule has 0 aliphatic carbocycles. The van der Waals surface area contributed by atoms with Crippen LogP contribution in [0, 0.1) is 0 Å². The summed E-state index contributed by atoms with van der Waals surface area (Å²) in [7, 11) is 0. The molecule has 0 aliphatic rings. The highest BCUT2D eigenvalue weighted by atomic mass is 16.5. The van der Waals surface area contributed by atoms with Crippen LogP contribution in [-0.4, -0.2) is 23.5 Å². The molecule has 0 spiro atoms. The predicted molar refractivity (Wildman–Crippen MR) is 95.0 cm³/mol. The van der Waals surface area contributed by atoms with Gasteiger partial charge in [0.1, 0.15) is 12.3 Å². The topological polar surface area (TPSA) is 64.7 Å².